The highest BCUT2D eigenvalue weighted by Crippen LogP contribution is 2.54. The van der Waals surface area contributed by atoms with Gasteiger partial charge in [0.25, 0.3) is 5.56 Å². The van der Waals surface area contributed by atoms with E-state index in [0.717, 1.165) is 19.2 Å². The Labute approximate surface area is 309 Å². The van der Waals surface area contributed by atoms with Crippen LogP contribution in [0.4, 0.5) is 14.0 Å². The Bertz CT molecular complexity index is 1590. The van der Waals surface area contributed by atoms with Gasteiger partial charge in [-0.3, -0.25) is 28.5 Å². The van der Waals surface area contributed by atoms with Gasteiger partial charge in [-0.25, -0.2) is 32.4 Å². The number of alkyl halides is 1. The molecular formula is C31H50FN4O17P. The molecule has 21 nitrogen and oxygen atoms in total. The van der Waals surface area contributed by atoms with Crippen molar-refractivity contribution in [3.8, 4) is 0 Å². The Morgan fingerprint density at radius 3 is 1.83 bits per heavy atom. The molecule has 3 unspecified atom stereocenters. The van der Waals surface area contributed by atoms with Crippen molar-refractivity contribution in [1.29, 1.82) is 0 Å². The van der Waals surface area contributed by atoms with Gasteiger partial charge in [-0.1, -0.05) is 27.7 Å². The van der Waals surface area contributed by atoms with Crippen LogP contribution < -0.4 is 22.7 Å². The number of rotatable bonds is 19. The maximum Gasteiger partial charge on any atom is 0.510 e. The molecule has 0 amide bonds. The molecule has 0 saturated carbocycles. The van der Waals surface area contributed by atoms with E-state index in [4.69, 9.17) is 58.2 Å². The van der Waals surface area contributed by atoms with Crippen molar-refractivity contribution in [2.45, 2.75) is 110 Å². The van der Waals surface area contributed by atoms with Crippen LogP contribution in [0.3, 0.4) is 0 Å². The number of carbonyl (C=O) groups excluding carboxylic acids is 4. The summed E-state index contributed by atoms with van der Waals surface area (Å²) < 4.78 is 82.4. The largest absolute Gasteiger partial charge is 0.510 e. The number of H-pyrrole nitrogens is 1. The Hall–Kier alpha value is -3.92. The van der Waals surface area contributed by atoms with Crippen molar-refractivity contribution in [1.82, 2.24) is 9.55 Å². The van der Waals surface area contributed by atoms with E-state index in [2.05, 4.69) is 0 Å². The van der Waals surface area contributed by atoms with E-state index in [-0.39, 0.29) is 0 Å². The summed E-state index contributed by atoms with van der Waals surface area (Å²) in [6, 6.07) is -1.73. The fourth-order valence-electron chi connectivity index (χ4n) is 4.63. The number of nitrogens with zero attached hydrogens (tertiary/aromatic N) is 1. The predicted molar refractivity (Wildman–Crippen MR) is 181 cm³/mol. The molecule has 308 valence electrons. The summed E-state index contributed by atoms with van der Waals surface area (Å²) in [5.74, 6) is -3.30. The fraction of sp³-hybridized carbons (Fsp3) is 0.742. The van der Waals surface area contributed by atoms with E-state index in [1.807, 2.05) is 4.98 Å². The first-order valence-corrected chi connectivity index (χ1v) is 18.2. The third-order valence-corrected chi connectivity index (χ3v) is 8.90. The lowest BCUT2D eigenvalue weighted by Gasteiger charge is -2.38. The van der Waals surface area contributed by atoms with E-state index in [0.29, 0.717) is 4.57 Å². The number of aromatic amines is 1. The van der Waals surface area contributed by atoms with E-state index in [1.54, 1.807) is 27.7 Å². The molecule has 1 fully saturated rings. The highest BCUT2D eigenvalue weighted by atomic mass is 31.2. The second kappa shape index (κ2) is 19.6. The molecule has 0 aromatic carbocycles. The number of hydrogen-bond donors (Lipinski definition) is 3. The third-order valence-electron chi connectivity index (χ3n) is 7.61. The summed E-state index contributed by atoms with van der Waals surface area (Å²) in [4.78, 5) is 77.7. The van der Waals surface area contributed by atoms with Crippen LogP contribution >= 0.6 is 7.82 Å². The summed E-state index contributed by atoms with van der Waals surface area (Å²) in [5, 5.41) is 0. The van der Waals surface area contributed by atoms with E-state index in [1.165, 1.54) is 27.7 Å². The van der Waals surface area contributed by atoms with Gasteiger partial charge in [-0.2, -0.15) is 0 Å². The number of phosphoric acid groups is 1. The van der Waals surface area contributed by atoms with E-state index < -0.39 is 130 Å². The Morgan fingerprint density at radius 2 is 1.39 bits per heavy atom. The second-order valence-electron chi connectivity index (χ2n) is 13.5. The van der Waals surface area contributed by atoms with Crippen molar-refractivity contribution < 1.29 is 74.9 Å². The zero-order chi connectivity index (χ0) is 41.2. The minimum Gasteiger partial charge on any atom is -0.453 e. The van der Waals surface area contributed by atoms with Gasteiger partial charge in [0.05, 0.1) is 18.8 Å². The van der Waals surface area contributed by atoms with Gasteiger partial charge in [0.2, 0.25) is 13.6 Å². The lowest BCUT2D eigenvalue weighted by atomic mass is 9.87. The molecule has 2 rings (SSSR count). The number of halogens is 1. The zero-order valence-electron chi connectivity index (χ0n) is 31.5. The van der Waals surface area contributed by atoms with E-state index >= 15 is 4.39 Å². The smallest absolute Gasteiger partial charge is 0.453 e. The monoisotopic (exact) mass is 800 g/mol. The van der Waals surface area contributed by atoms with Crippen LogP contribution in [0.2, 0.25) is 0 Å². The molecule has 0 bridgehead atoms. The molecule has 2 heterocycles. The molecule has 6 atom stereocenters. The first-order valence-electron chi connectivity index (χ1n) is 16.7. The highest BCUT2D eigenvalue weighted by molar-refractivity contribution is 7.48. The van der Waals surface area contributed by atoms with Crippen LogP contribution in [0.15, 0.2) is 21.9 Å². The first kappa shape index (κ1) is 46.2. The lowest BCUT2D eigenvalue weighted by molar-refractivity contribution is -0.192. The van der Waals surface area contributed by atoms with Crippen LogP contribution in [-0.4, -0.2) is 102 Å². The average Bonchev–Trinajstić information content (AvgIpc) is 3.29. The number of ether oxygens (including phenoxy) is 7. The van der Waals surface area contributed by atoms with Gasteiger partial charge in [0.1, 0.15) is 18.8 Å². The van der Waals surface area contributed by atoms with Crippen molar-refractivity contribution in [2.75, 3.05) is 26.9 Å². The predicted octanol–water partition coefficient (Wildman–Crippen LogP) is 2.15. The number of nitrogens with two attached hydrogens (primary N) is 2. The number of aromatic nitrogens is 2. The van der Waals surface area contributed by atoms with Crippen LogP contribution in [-0.2, 0) is 60.9 Å². The molecule has 0 aliphatic carbocycles. The molecule has 54 heavy (non-hydrogen) atoms. The molecule has 1 aromatic heterocycles. The lowest BCUT2D eigenvalue weighted by Crippen LogP contribution is -2.59. The van der Waals surface area contributed by atoms with E-state index in [9.17, 15) is 33.3 Å². The van der Waals surface area contributed by atoms with Gasteiger partial charge < -0.3 is 44.6 Å². The second-order valence-corrected chi connectivity index (χ2v) is 15.2. The summed E-state index contributed by atoms with van der Waals surface area (Å²) in [6.07, 6.45) is -6.83. The molecule has 1 aliphatic rings. The molecule has 0 spiro atoms. The average molecular weight is 801 g/mol. The van der Waals surface area contributed by atoms with Gasteiger partial charge in [-0.05, 0) is 46.5 Å². The SMILES string of the molecule is CC(C)OC(=O)OCOP(=O)(OCOC(=O)OC(C)C)OC[C@@]1(CF)O[C@@H](n2ccc(=O)[nH]c2=O)[C@](C)(OC(=O)C(N)C(C)C)C1OC(=O)C(N)C(C)C. The highest BCUT2D eigenvalue weighted by Gasteiger charge is 2.68. The van der Waals surface area contributed by atoms with Crippen molar-refractivity contribution in [3.63, 3.8) is 0 Å². The Kier molecular flexibility index (Phi) is 16.8. The van der Waals surface area contributed by atoms with Gasteiger partial charge in [0, 0.05) is 12.3 Å². The van der Waals surface area contributed by atoms with Crippen LogP contribution in [0.25, 0.3) is 0 Å². The topological polar surface area (TPSA) is 285 Å². The van der Waals surface area contributed by atoms with Crippen LogP contribution in [0.5, 0.6) is 0 Å². The third kappa shape index (κ3) is 12.3. The van der Waals surface area contributed by atoms with Crippen LogP contribution in [0.1, 0.15) is 68.5 Å². The summed E-state index contributed by atoms with van der Waals surface area (Å²) >= 11 is 0. The molecule has 1 aliphatic heterocycles. The van der Waals surface area contributed by atoms with Crippen molar-refractivity contribution in [2.24, 2.45) is 23.3 Å². The molecule has 23 heteroatoms. The first-order chi connectivity index (χ1) is 25.0. The Morgan fingerprint density at radius 1 is 0.889 bits per heavy atom. The standard InChI is InChI=1S/C31H50FN4O17P/c1-16(2)21(33)23(38)51-25-30(9,52-24(39)22(34)17(3)4)26(36-11-10-20(37)35-27(36)40)53-31(25,12-32)13-46-54(43,47-14-44-28(41)49-18(5)6)48-15-45-29(42)50-19(7)8/h10-11,16-19,21-22,25-26H,12-15,33-34H2,1-9H3,(H,35,37,40)/t21?,22?,25?,26-,30-,31-/m1/s1. The number of hydrogen-bond acceptors (Lipinski definition) is 19. The van der Waals surface area contributed by atoms with Crippen molar-refractivity contribution >= 4 is 32.1 Å². The van der Waals surface area contributed by atoms with Crippen molar-refractivity contribution in [3.05, 3.63) is 33.1 Å². The quantitative estimate of drug-likeness (QED) is 0.0782. The molecule has 1 aromatic rings. The maximum atomic E-state index is 15.7. The summed E-state index contributed by atoms with van der Waals surface area (Å²) in [6.45, 7) is 8.28. The normalized spacial score (nSPS) is 22.6. The fourth-order valence-corrected chi connectivity index (χ4v) is 5.59. The van der Waals surface area contributed by atoms with Gasteiger partial charge in [-0.15, -0.1) is 0 Å². The number of carbonyl (C=O) groups is 4. The minimum absolute atomic E-state index is 0.512. The number of phosphoric ester groups is 1. The Balaban J connectivity index is 2.70. The summed E-state index contributed by atoms with van der Waals surface area (Å²) in [5.41, 5.74) is 5.08. The van der Waals surface area contributed by atoms with Crippen LogP contribution in [0, 0.1) is 11.8 Å². The number of esters is 2. The molecule has 1 saturated heterocycles. The number of nitrogens with one attached hydrogen (secondary N) is 1. The molecule has 0 radical (unpaired) electrons. The maximum absolute atomic E-state index is 15.7. The van der Waals surface area contributed by atoms with Gasteiger partial charge in [0.15, 0.2) is 23.5 Å². The zero-order valence-corrected chi connectivity index (χ0v) is 32.4. The van der Waals surface area contributed by atoms with Gasteiger partial charge >= 0.3 is 37.8 Å². The minimum atomic E-state index is -5.13. The molecule has 5 N–H and O–H groups in total. The molecular weight excluding hydrogens is 750 g/mol. The summed E-state index contributed by atoms with van der Waals surface area (Å²) in [7, 11) is -5.13.